The average molecular weight is 456 g/mol. The van der Waals surface area contributed by atoms with Gasteiger partial charge in [-0.1, -0.05) is 35.3 Å². The molecule has 158 valence electrons. The third kappa shape index (κ3) is 5.45. The van der Waals surface area contributed by atoms with Gasteiger partial charge in [-0.2, -0.15) is 0 Å². The minimum atomic E-state index is -0.199. The number of imidazole rings is 1. The second kappa shape index (κ2) is 9.68. The molecule has 4 rings (SSSR count). The maximum Gasteiger partial charge on any atom is 0.251 e. The number of benzene rings is 1. The average Bonchev–Trinajstić information content (AvgIpc) is 3.19. The van der Waals surface area contributed by atoms with Gasteiger partial charge < -0.3 is 19.8 Å². The lowest BCUT2D eigenvalue weighted by Gasteiger charge is -2.10. The smallest absolute Gasteiger partial charge is 0.251 e. The van der Waals surface area contributed by atoms with Crippen molar-refractivity contribution in [2.45, 2.75) is 6.61 Å². The zero-order chi connectivity index (χ0) is 21.6. The van der Waals surface area contributed by atoms with Gasteiger partial charge in [-0.05, 0) is 36.4 Å². The summed E-state index contributed by atoms with van der Waals surface area (Å²) in [5, 5.41) is 6.80. The van der Waals surface area contributed by atoms with E-state index in [1.165, 1.54) is 6.20 Å². The Kier molecular flexibility index (Phi) is 6.54. The predicted octanol–water partition coefficient (Wildman–Crippen LogP) is 4.46. The van der Waals surface area contributed by atoms with Crippen LogP contribution in [0.5, 0.6) is 5.75 Å². The van der Waals surface area contributed by atoms with Crippen LogP contribution in [0.4, 0.5) is 5.82 Å². The summed E-state index contributed by atoms with van der Waals surface area (Å²) >= 11 is 11.9. The van der Waals surface area contributed by atoms with Gasteiger partial charge in [0.2, 0.25) is 0 Å². The molecule has 7 nitrogen and oxygen atoms in total. The highest BCUT2D eigenvalue weighted by Gasteiger charge is 2.08. The van der Waals surface area contributed by atoms with Crippen LogP contribution in [0.1, 0.15) is 16.1 Å². The Hall–Kier alpha value is -3.29. The van der Waals surface area contributed by atoms with Crippen LogP contribution in [0.3, 0.4) is 0 Å². The van der Waals surface area contributed by atoms with Crippen LogP contribution in [0.2, 0.25) is 10.0 Å². The first-order valence-corrected chi connectivity index (χ1v) is 10.3. The van der Waals surface area contributed by atoms with Crippen LogP contribution in [0, 0.1) is 0 Å². The number of anilines is 1. The van der Waals surface area contributed by atoms with E-state index in [-0.39, 0.29) is 5.91 Å². The zero-order valence-corrected chi connectivity index (χ0v) is 17.9. The van der Waals surface area contributed by atoms with Crippen LogP contribution in [0.25, 0.3) is 5.65 Å². The lowest BCUT2D eigenvalue weighted by Crippen LogP contribution is -2.28. The van der Waals surface area contributed by atoms with Crippen molar-refractivity contribution < 1.29 is 9.53 Å². The minimum absolute atomic E-state index is 0.199. The van der Waals surface area contributed by atoms with Gasteiger partial charge >= 0.3 is 0 Å². The maximum atomic E-state index is 12.4. The molecular weight excluding hydrogens is 437 g/mol. The SMILES string of the molecule is O=C(NCCNc1ncc(Cl)cc1Cl)c1cccc(OCc2cn3ccccc3n2)c1. The number of nitrogens with zero attached hydrogens (tertiary/aromatic N) is 3. The number of aromatic nitrogens is 3. The maximum absolute atomic E-state index is 12.4. The molecule has 1 amide bonds. The molecule has 0 radical (unpaired) electrons. The van der Waals surface area contributed by atoms with Crippen molar-refractivity contribution >= 4 is 40.6 Å². The van der Waals surface area contributed by atoms with Gasteiger partial charge in [0.25, 0.3) is 5.91 Å². The van der Waals surface area contributed by atoms with E-state index >= 15 is 0 Å². The van der Waals surface area contributed by atoms with Crippen LogP contribution in [0.15, 0.2) is 67.1 Å². The van der Waals surface area contributed by atoms with Gasteiger partial charge in [0.15, 0.2) is 0 Å². The molecule has 0 aliphatic heterocycles. The molecule has 9 heteroatoms. The predicted molar refractivity (Wildman–Crippen MR) is 121 cm³/mol. The van der Waals surface area contributed by atoms with E-state index in [1.807, 2.05) is 41.1 Å². The largest absolute Gasteiger partial charge is 0.487 e. The van der Waals surface area contributed by atoms with Gasteiger partial charge in [-0.15, -0.1) is 0 Å². The van der Waals surface area contributed by atoms with Crippen molar-refractivity contribution in [3.05, 3.63) is 88.4 Å². The van der Waals surface area contributed by atoms with E-state index in [0.717, 1.165) is 11.3 Å². The van der Waals surface area contributed by atoms with E-state index < -0.39 is 0 Å². The number of amides is 1. The first-order valence-electron chi connectivity index (χ1n) is 9.57. The molecular formula is C22H19Cl2N5O2. The van der Waals surface area contributed by atoms with Crippen molar-refractivity contribution in [3.63, 3.8) is 0 Å². The highest BCUT2D eigenvalue weighted by Crippen LogP contribution is 2.22. The van der Waals surface area contributed by atoms with Crippen molar-refractivity contribution in [3.8, 4) is 5.75 Å². The zero-order valence-electron chi connectivity index (χ0n) is 16.4. The van der Waals surface area contributed by atoms with Crippen molar-refractivity contribution in [2.75, 3.05) is 18.4 Å². The molecule has 4 aromatic rings. The molecule has 3 heterocycles. The Balaban J connectivity index is 1.28. The van der Waals surface area contributed by atoms with Crippen LogP contribution in [-0.2, 0) is 6.61 Å². The minimum Gasteiger partial charge on any atom is -0.487 e. The third-order valence-corrected chi connectivity index (χ3v) is 4.90. The monoisotopic (exact) mass is 455 g/mol. The van der Waals surface area contributed by atoms with Crippen LogP contribution in [-0.4, -0.2) is 33.4 Å². The standard InChI is InChI=1S/C22H19Cl2N5O2/c23-16-11-19(24)21(27-12-16)25-7-8-26-22(30)15-4-3-5-18(10-15)31-14-17-13-29-9-2-1-6-20(29)28-17/h1-6,9-13H,7-8,14H2,(H,25,27)(H,26,30). The summed E-state index contributed by atoms with van der Waals surface area (Å²) in [6.45, 7) is 1.17. The molecule has 0 aliphatic carbocycles. The fourth-order valence-electron chi connectivity index (χ4n) is 2.94. The molecule has 0 aliphatic rings. The third-order valence-electron chi connectivity index (χ3n) is 4.41. The summed E-state index contributed by atoms with van der Waals surface area (Å²) in [4.78, 5) is 21.1. The van der Waals surface area contributed by atoms with Gasteiger partial charge in [0.1, 0.15) is 23.8 Å². The number of carbonyl (C=O) groups is 1. The number of ether oxygens (including phenoxy) is 1. The highest BCUT2D eigenvalue weighted by molar-refractivity contribution is 6.35. The molecule has 0 saturated heterocycles. The van der Waals surface area contributed by atoms with E-state index in [9.17, 15) is 4.79 Å². The second-order valence-corrected chi connectivity index (χ2v) is 7.53. The Morgan fingerprint density at radius 1 is 1.10 bits per heavy atom. The summed E-state index contributed by atoms with van der Waals surface area (Å²) in [5.41, 5.74) is 2.18. The molecule has 3 aromatic heterocycles. The molecule has 31 heavy (non-hydrogen) atoms. The summed E-state index contributed by atoms with van der Waals surface area (Å²) in [7, 11) is 0. The number of nitrogens with one attached hydrogen (secondary N) is 2. The number of fused-ring (bicyclic) bond motifs is 1. The Labute approximate surface area is 189 Å². The van der Waals surface area contributed by atoms with E-state index in [0.29, 0.717) is 46.9 Å². The summed E-state index contributed by atoms with van der Waals surface area (Å²) in [5.74, 6) is 0.915. The summed E-state index contributed by atoms with van der Waals surface area (Å²) in [6, 6.07) is 14.4. The van der Waals surface area contributed by atoms with Crippen molar-refractivity contribution in [1.29, 1.82) is 0 Å². The molecule has 0 spiro atoms. The van der Waals surface area contributed by atoms with E-state index in [1.54, 1.807) is 24.3 Å². The topological polar surface area (TPSA) is 80.5 Å². The Morgan fingerprint density at radius 2 is 2.00 bits per heavy atom. The number of rotatable bonds is 8. The van der Waals surface area contributed by atoms with Crippen LogP contribution >= 0.6 is 23.2 Å². The molecule has 0 fully saturated rings. The van der Waals surface area contributed by atoms with E-state index in [4.69, 9.17) is 27.9 Å². The first-order chi connectivity index (χ1) is 15.1. The fourth-order valence-corrected chi connectivity index (χ4v) is 3.39. The molecule has 2 N–H and O–H groups in total. The fraction of sp³-hybridized carbons (Fsp3) is 0.136. The second-order valence-electron chi connectivity index (χ2n) is 6.68. The van der Waals surface area contributed by atoms with Crippen LogP contribution < -0.4 is 15.4 Å². The van der Waals surface area contributed by atoms with Crippen molar-refractivity contribution in [2.24, 2.45) is 0 Å². The first kappa shape index (κ1) is 21.0. The molecule has 0 unspecified atom stereocenters. The number of hydrogen-bond donors (Lipinski definition) is 2. The quantitative estimate of drug-likeness (QED) is 0.383. The lowest BCUT2D eigenvalue weighted by atomic mass is 10.2. The lowest BCUT2D eigenvalue weighted by molar-refractivity contribution is 0.0954. The molecule has 0 saturated carbocycles. The number of carbonyl (C=O) groups excluding carboxylic acids is 1. The Bertz CT molecular complexity index is 1180. The number of pyridine rings is 2. The number of halogens is 2. The summed E-state index contributed by atoms with van der Waals surface area (Å²) < 4.78 is 7.75. The Morgan fingerprint density at radius 3 is 2.84 bits per heavy atom. The van der Waals surface area contributed by atoms with Gasteiger partial charge in [0.05, 0.1) is 15.7 Å². The molecule has 0 bridgehead atoms. The van der Waals surface area contributed by atoms with Crippen molar-refractivity contribution in [1.82, 2.24) is 19.7 Å². The van der Waals surface area contributed by atoms with Gasteiger partial charge in [0, 0.05) is 37.2 Å². The molecule has 0 atom stereocenters. The number of hydrogen-bond acceptors (Lipinski definition) is 5. The van der Waals surface area contributed by atoms with E-state index in [2.05, 4.69) is 20.6 Å². The molecule has 1 aromatic carbocycles. The van der Waals surface area contributed by atoms with Gasteiger partial charge in [-0.3, -0.25) is 4.79 Å². The summed E-state index contributed by atoms with van der Waals surface area (Å²) in [6.07, 6.45) is 5.36. The van der Waals surface area contributed by atoms with Gasteiger partial charge in [-0.25, -0.2) is 9.97 Å². The normalized spacial score (nSPS) is 10.8. The highest BCUT2D eigenvalue weighted by atomic mass is 35.5.